The third-order valence-electron chi connectivity index (χ3n) is 3.09. The van der Waals surface area contributed by atoms with E-state index in [1.807, 2.05) is 13.0 Å². The van der Waals surface area contributed by atoms with Crippen molar-refractivity contribution in [1.29, 1.82) is 0 Å². The van der Waals surface area contributed by atoms with E-state index in [4.69, 9.17) is 5.11 Å². The molecule has 1 atom stereocenters. The molecule has 5 nitrogen and oxygen atoms in total. The second kappa shape index (κ2) is 8.92. The summed E-state index contributed by atoms with van der Waals surface area (Å²) in [5.41, 5.74) is 1.45. The standard InChI is InChI=1S/C14H22BrN3O2/c1-3-4-11(7-8-19)9-16-14(20)18-12-5-6-13(15)17-10(12)2/h5-6,11,19H,3-4,7-9H2,1-2H3,(H2,16,18,20). The first-order valence-corrected chi connectivity index (χ1v) is 7.65. The Kier molecular flexibility index (Phi) is 7.54. The van der Waals surface area contributed by atoms with Gasteiger partial charge in [-0.05, 0) is 53.7 Å². The van der Waals surface area contributed by atoms with Crippen LogP contribution in [0.5, 0.6) is 0 Å². The molecule has 0 bridgehead atoms. The average molecular weight is 344 g/mol. The monoisotopic (exact) mass is 343 g/mol. The van der Waals surface area contributed by atoms with Crippen LogP contribution in [0.1, 0.15) is 31.9 Å². The molecular formula is C14H22BrN3O2. The number of pyridine rings is 1. The number of aromatic nitrogens is 1. The number of nitrogens with one attached hydrogen (secondary N) is 2. The summed E-state index contributed by atoms with van der Waals surface area (Å²) in [6.07, 6.45) is 2.76. The van der Waals surface area contributed by atoms with Gasteiger partial charge in [-0.1, -0.05) is 13.3 Å². The van der Waals surface area contributed by atoms with Gasteiger partial charge in [0.2, 0.25) is 0 Å². The molecule has 1 rings (SSSR count). The lowest BCUT2D eigenvalue weighted by molar-refractivity contribution is 0.236. The van der Waals surface area contributed by atoms with Crippen molar-refractivity contribution in [2.24, 2.45) is 5.92 Å². The minimum absolute atomic E-state index is 0.156. The van der Waals surface area contributed by atoms with Crippen LogP contribution >= 0.6 is 15.9 Å². The number of urea groups is 1. The molecule has 0 aliphatic heterocycles. The fourth-order valence-corrected chi connectivity index (χ4v) is 2.40. The number of halogens is 1. The van der Waals surface area contributed by atoms with Gasteiger partial charge in [-0.2, -0.15) is 0 Å². The highest BCUT2D eigenvalue weighted by Crippen LogP contribution is 2.16. The van der Waals surface area contributed by atoms with Crippen LogP contribution in [0.15, 0.2) is 16.7 Å². The molecule has 0 fully saturated rings. The van der Waals surface area contributed by atoms with Crippen molar-refractivity contribution in [3.05, 3.63) is 22.4 Å². The smallest absolute Gasteiger partial charge is 0.319 e. The first kappa shape index (κ1) is 16.9. The second-order valence-electron chi connectivity index (χ2n) is 4.77. The van der Waals surface area contributed by atoms with E-state index in [0.29, 0.717) is 24.6 Å². The fourth-order valence-electron chi connectivity index (χ4n) is 2.01. The van der Waals surface area contributed by atoms with Gasteiger partial charge in [0.05, 0.1) is 11.4 Å². The number of aliphatic hydroxyl groups excluding tert-OH is 1. The molecule has 0 aliphatic rings. The van der Waals surface area contributed by atoms with Crippen molar-refractivity contribution in [3.63, 3.8) is 0 Å². The molecular weight excluding hydrogens is 322 g/mol. The van der Waals surface area contributed by atoms with E-state index >= 15 is 0 Å². The van der Waals surface area contributed by atoms with Gasteiger partial charge in [0.25, 0.3) is 0 Å². The number of carbonyl (C=O) groups excluding carboxylic acids is 1. The van der Waals surface area contributed by atoms with E-state index in [0.717, 1.165) is 23.1 Å². The lowest BCUT2D eigenvalue weighted by Crippen LogP contribution is -2.33. The summed E-state index contributed by atoms with van der Waals surface area (Å²) >= 11 is 3.28. The van der Waals surface area contributed by atoms with Crippen LogP contribution in [0.25, 0.3) is 0 Å². The van der Waals surface area contributed by atoms with Crippen molar-refractivity contribution >= 4 is 27.6 Å². The molecule has 0 aliphatic carbocycles. The number of carbonyl (C=O) groups is 1. The Balaban J connectivity index is 2.46. The molecule has 1 heterocycles. The van der Waals surface area contributed by atoms with Crippen molar-refractivity contribution in [1.82, 2.24) is 10.3 Å². The fraction of sp³-hybridized carbons (Fsp3) is 0.571. The number of rotatable bonds is 7. The normalized spacial score (nSPS) is 12.0. The number of anilines is 1. The van der Waals surface area contributed by atoms with Crippen LogP contribution < -0.4 is 10.6 Å². The highest BCUT2D eigenvalue weighted by Gasteiger charge is 2.10. The predicted molar refractivity (Wildman–Crippen MR) is 83.8 cm³/mol. The number of amides is 2. The molecule has 6 heteroatoms. The zero-order valence-electron chi connectivity index (χ0n) is 11.9. The first-order chi connectivity index (χ1) is 9.56. The van der Waals surface area contributed by atoms with Gasteiger partial charge in [0, 0.05) is 13.2 Å². The van der Waals surface area contributed by atoms with Gasteiger partial charge >= 0.3 is 6.03 Å². The summed E-state index contributed by atoms with van der Waals surface area (Å²) < 4.78 is 0.743. The van der Waals surface area contributed by atoms with Crippen LogP contribution in [-0.2, 0) is 0 Å². The third kappa shape index (κ3) is 5.88. The Labute approximate surface area is 128 Å². The first-order valence-electron chi connectivity index (χ1n) is 6.85. The summed E-state index contributed by atoms with van der Waals surface area (Å²) in [7, 11) is 0. The van der Waals surface area contributed by atoms with Crippen molar-refractivity contribution in [2.75, 3.05) is 18.5 Å². The van der Waals surface area contributed by atoms with E-state index in [9.17, 15) is 4.79 Å². The van der Waals surface area contributed by atoms with E-state index in [1.54, 1.807) is 6.07 Å². The van der Waals surface area contributed by atoms with Gasteiger partial charge in [-0.3, -0.25) is 0 Å². The molecule has 0 spiro atoms. The Morgan fingerprint density at radius 1 is 1.45 bits per heavy atom. The average Bonchev–Trinajstić information content (AvgIpc) is 2.40. The molecule has 1 unspecified atom stereocenters. The maximum absolute atomic E-state index is 11.8. The molecule has 112 valence electrons. The predicted octanol–water partition coefficient (Wildman–Crippen LogP) is 3.07. The summed E-state index contributed by atoms with van der Waals surface area (Å²) in [6, 6.07) is 3.36. The van der Waals surface area contributed by atoms with Gasteiger partial charge in [-0.15, -0.1) is 0 Å². The van der Waals surface area contributed by atoms with Gasteiger partial charge in [-0.25, -0.2) is 9.78 Å². The van der Waals surface area contributed by atoms with Crippen LogP contribution in [0.4, 0.5) is 10.5 Å². The van der Waals surface area contributed by atoms with E-state index < -0.39 is 0 Å². The van der Waals surface area contributed by atoms with Gasteiger partial charge < -0.3 is 15.7 Å². The Morgan fingerprint density at radius 2 is 2.20 bits per heavy atom. The lowest BCUT2D eigenvalue weighted by Gasteiger charge is -2.16. The van der Waals surface area contributed by atoms with Crippen molar-refractivity contribution in [2.45, 2.75) is 33.1 Å². The molecule has 1 aromatic rings. The number of hydrogen-bond acceptors (Lipinski definition) is 3. The molecule has 0 saturated heterocycles. The van der Waals surface area contributed by atoms with Crippen LogP contribution in [0.2, 0.25) is 0 Å². The largest absolute Gasteiger partial charge is 0.396 e. The Hall–Kier alpha value is -1.14. The molecule has 0 aromatic carbocycles. The molecule has 20 heavy (non-hydrogen) atoms. The van der Waals surface area contributed by atoms with Gasteiger partial charge in [0.1, 0.15) is 4.60 Å². The highest BCUT2D eigenvalue weighted by atomic mass is 79.9. The number of hydrogen-bond donors (Lipinski definition) is 3. The topological polar surface area (TPSA) is 74.2 Å². The number of nitrogens with zero attached hydrogens (tertiary/aromatic N) is 1. The van der Waals surface area contributed by atoms with E-state index in [1.165, 1.54) is 0 Å². The maximum atomic E-state index is 11.8. The van der Waals surface area contributed by atoms with Crippen LogP contribution in [0, 0.1) is 12.8 Å². The number of aryl methyl sites for hydroxylation is 1. The highest BCUT2D eigenvalue weighted by molar-refractivity contribution is 9.10. The van der Waals surface area contributed by atoms with E-state index in [2.05, 4.69) is 38.5 Å². The van der Waals surface area contributed by atoms with Crippen molar-refractivity contribution < 1.29 is 9.90 Å². The number of aliphatic hydroxyl groups is 1. The van der Waals surface area contributed by atoms with Gasteiger partial charge in [0.15, 0.2) is 0 Å². The minimum Gasteiger partial charge on any atom is -0.396 e. The quantitative estimate of drug-likeness (QED) is 0.666. The molecule has 1 aromatic heterocycles. The second-order valence-corrected chi connectivity index (χ2v) is 5.58. The maximum Gasteiger partial charge on any atom is 0.319 e. The summed E-state index contributed by atoms with van der Waals surface area (Å²) in [4.78, 5) is 16.1. The van der Waals surface area contributed by atoms with Crippen molar-refractivity contribution in [3.8, 4) is 0 Å². The summed E-state index contributed by atoms with van der Waals surface area (Å²) in [6.45, 7) is 4.67. The molecule has 0 radical (unpaired) electrons. The zero-order valence-corrected chi connectivity index (χ0v) is 13.5. The van der Waals surface area contributed by atoms with E-state index in [-0.39, 0.29) is 12.6 Å². The van der Waals surface area contributed by atoms with Crippen LogP contribution in [-0.4, -0.2) is 29.3 Å². The zero-order chi connectivity index (χ0) is 15.0. The van der Waals surface area contributed by atoms with Crippen LogP contribution in [0.3, 0.4) is 0 Å². The SMILES string of the molecule is CCCC(CCO)CNC(=O)Nc1ccc(Br)nc1C. The molecule has 3 N–H and O–H groups in total. The Bertz CT molecular complexity index is 434. The molecule has 2 amide bonds. The summed E-state index contributed by atoms with van der Waals surface area (Å²) in [5.74, 6) is 0.319. The lowest BCUT2D eigenvalue weighted by atomic mass is 10.0. The minimum atomic E-state index is -0.240. The third-order valence-corrected chi connectivity index (χ3v) is 3.53. The summed E-state index contributed by atoms with van der Waals surface area (Å²) in [5, 5.41) is 14.6. The molecule has 0 saturated carbocycles. The Morgan fingerprint density at radius 3 is 2.80 bits per heavy atom.